The van der Waals surface area contributed by atoms with E-state index in [0.717, 1.165) is 17.6 Å². The molecule has 1 aliphatic heterocycles. The van der Waals surface area contributed by atoms with Gasteiger partial charge < -0.3 is 9.80 Å². The maximum absolute atomic E-state index is 12.3. The molecular formula is C16H16N2O. The molecule has 0 fully saturated rings. The summed E-state index contributed by atoms with van der Waals surface area (Å²) in [6.07, 6.45) is 3.94. The molecule has 3 nitrogen and oxygen atoms in total. The van der Waals surface area contributed by atoms with Crippen LogP contribution in [0.2, 0.25) is 0 Å². The fourth-order valence-electron chi connectivity index (χ4n) is 2.33. The molecule has 0 spiro atoms. The Bertz CT molecular complexity index is 648. The minimum Gasteiger partial charge on any atom is -0.362 e. The zero-order valence-electron chi connectivity index (χ0n) is 10.9. The first kappa shape index (κ1) is 11.8. The molecule has 0 atom stereocenters. The minimum absolute atomic E-state index is 0.158. The van der Waals surface area contributed by atoms with Crippen LogP contribution in [0.25, 0.3) is 10.8 Å². The quantitative estimate of drug-likeness (QED) is 0.785. The Morgan fingerprint density at radius 1 is 1.11 bits per heavy atom. The van der Waals surface area contributed by atoms with Crippen LogP contribution in [-0.2, 0) is 0 Å². The van der Waals surface area contributed by atoms with E-state index >= 15 is 0 Å². The lowest BCUT2D eigenvalue weighted by Gasteiger charge is -2.17. The summed E-state index contributed by atoms with van der Waals surface area (Å²) >= 11 is 0. The van der Waals surface area contributed by atoms with Gasteiger partial charge in [0.15, 0.2) is 5.78 Å². The second-order valence-electron chi connectivity index (χ2n) is 4.93. The SMILES string of the molecule is CN1C=CN(CC(=O)c2ccc3ccccc3c2)C1. The third-order valence-corrected chi connectivity index (χ3v) is 3.35. The van der Waals surface area contributed by atoms with Crippen molar-refractivity contribution < 1.29 is 4.79 Å². The van der Waals surface area contributed by atoms with Gasteiger partial charge in [-0.25, -0.2) is 0 Å². The Labute approximate surface area is 112 Å². The van der Waals surface area contributed by atoms with Gasteiger partial charge in [0, 0.05) is 25.0 Å². The van der Waals surface area contributed by atoms with Gasteiger partial charge in [-0.2, -0.15) is 0 Å². The van der Waals surface area contributed by atoms with Crippen LogP contribution in [0.15, 0.2) is 54.9 Å². The zero-order chi connectivity index (χ0) is 13.2. The van der Waals surface area contributed by atoms with E-state index in [4.69, 9.17) is 0 Å². The van der Waals surface area contributed by atoms with E-state index < -0.39 is 0 Å². The normalized spacial score (nSPS) is 14.4. The van der Waals surface area contributed by atoms with Gasteiger partial charge in [-0.1, -0.05) is 36.4 Å². The smallest absolute Gasteiger partial charge is 0.182 e. The van der Waals surface area contributed by atoms with E-state index in [1.165, 1.54) is 5.39 Å². The predicted octanol–water partition coefficient (Wildman–Crippen LogP) is 2.70. The Morgan fingerprint density at radius 2 is 1.89 bits per heavy atom. The summed E-state index contributed by atoms with van der Waals surface area (Å²) < 4.78 is 0. The van der Waals surface area contributed by atoms with Gasteiger partial charge in [0.05, 0.1) is 13.2 Å². The molecule has 3 rings (SSSR count). The van der Waals surface area contributed by atoms with Crippen LogP contribution in [0.1, 0.15) is 10.4 Å². The molecule has 0 N–H and O–H groups in total. The van der Waals surface area contributed by atoms with Crippen molar-refractivity contribution in [3.63, 3.8) is 0 Å². The van der Waals surface area contributed by atoms with Crippen molar-refractivity contribution >= 4 is 16.6 Å². The van der Waals surface area contributed by atoms with E-state index in [1.54, 1.807) is 0 Å². The third-order valence-electron chi connectivity index (χ3n) is 3.35. The van der Waals surface area contributed by atoms with Gasteiger partial charge in [0.25, 0.3) is 0 Å². The average molecular weight is 252 g/mol. The summed E-state index contributed by atoms with van der Waals surface area (Å²) in [6.45, 7) is 1.21. The molecule has 1 aliphatic rings. The van der Waals surface area contributed by atoms with E-state index in [9.17, 15) is 4.79 Å². The highest BCUT2D eigenvalue weighted by Gasteiger charge is 2.14. The summed E-state index contributed by atoms with van der Waals surface area (Å²) in [4.78, 5) is 16.3. The van der Waals surface area contributed by atoms with Gasteiger partial charge in [-0.15, -0.1) is 0 Å². The van der Waals surface area contributed by atoms with Crippen molar-refractivity contribution in [1.29, 1.82) is 0 Å². The first-order chi connectivity index (χ1) is 9.22. The molecule has 0 amide bonds. The number of nitrogens with zero attached hydrogens (tertiary/aromatic N) is 2. The number of carbonyl (C=O) groups excluding carboxylic acids is 1. The van der Waals surface area contributed by atoms with Gasteiger partial charge in [0.1, 0.15) is 0 Å². The molecular weight excluding hydrogens is 236 g/mol. The molecule has 1 heterocycles. The summed E-state index contributed by atoms with van der Waals surface area (Å²) in [5.74, 6) is 0.158. The van der Waals surface area contributed by atoms with Crippen LogP contribution in [0.3, 0.4) is 0 Å². The van der Waals surface area contributed by atoms with Crippen molar-refractivity contribution in [2.45, 2.75) is 0 Å². The lowest BCUT2D eigenvalue weighted by molar-refractivity contribution is 0.0948. The molecule has 2 aromatic carbocycles. The van der Waals surface area contributed by atoms with E-state index in [1.807, 2.05) is 65.6 Å². The van der Waals surface area contributed by atoms with Gasteiger partial charge in [0.2, 0.25) is 0 Å². The number of hydrogen-bond donors (Lipinski definition) is 0. The molecule has 0 saturated heterocycles. The highest BCUT2D eigenvalue weighted by Crippen LogP contribution is 2.16. The predicted molar refractivity (Wildman–Crippen MR) is 76.8 cm³/mol. The molecule has 0 aliphatic carbocycles. The van der Waals surface area contributed by atoms with Crippen LogP contribution in [0.4, 0.5) is 0 Å². The standard InChI is InChI=1S/C16H16N2O/c1-17-8-9-18(12-17)11-16(19)15-7-6-13-4-2-3-5-14(13)10-15/h2-10H,11-12H2,1H3. The molecule has 0 saturated carbocycles. The minimum atomic E-state index is 0.158. The largest absolute Gasteiger partial charge is 0.362 e. The second-order valence-corrected chi connectivity index (χ2v) is 4.93. The van der Waals surface area contributed by atoms with E-state index in [2.05, 4.69) is 6.07 Å². The van der Waals surface area contributed by atoms with Crippen LogP contribution in [0, 0.1) is 0 Å². The van der Waals surface area contributed by atoms with Crippen LogP contribution >= 0.6 is 0 Å². The van der Waals surface area contributed by atoms with Gasteiger partial charge in [-0.05, 0) is 16.8 Å². The second kappa shape index (κ2) is 4.76. The fraction of sp³-hybridized carbons (Fsp3) is 0.188. The van der Waals surface area contributed by atoms with Crippen molar-refractivity contribution in [3.8, 4) is 0 Å². The number of rotatable bonds is 3. The summed E-state index contributed by atoms with van der Waals surface area (Å²) in [5, 5.41) is 2.28. The highest BCUT2D eigenvalue weighted by atomic mass is 16.1. The Morgan fingerprint density at radius 3 is 2.63 bits per heavy atom. The summed E-state index contributed by atoms with van der Waals surface area (Å²) in [5.41, 5.74) is 0.779. The number of fused-ring (bicyclic) bond motifs is 1. The monoisotopic (exact) mass is 252 g/mol. The average Bonchev–Trinajstić information content (AvgIpc) is 2.83. The fourth-order valence-corrected chi connectivity index (χ4v) is 2.33. The maximum atomic E-state index is 12.3. The summed E-state index contributed by atoms with van der Waals surface area (Å²) in [7, 11) is 2.00. The maximum Gasteiger partial charge on any atom is 0.182 e. The molecule has 0 aromatic heterocycles. The van der Waals surface area contributed by atoms with Crippen molar-refractivity contribution in [3.05, 3.63) is 60.4 Å². The number of Topliss-reactive ketones (excluding diaryl/α,β-unsaturated/α-hetero) is 1. The highest BCUT2D eigenvalue weighted by molar-refractivity contribution is 6.01. The zero-order valence-corrected chi connectivity index (χ0v) is 10.9. The molecule has 19 heavy (non-hydrogen) atoms. The molecule has 3 heteroatoms. The van der Waals surface area contributed by atoms with Crippen LogP contribution < -0.4 is 0 Å². The molecule has 0 unspecified atom stereocenters. The third kappa shape index (κ3) is 2.45. The van der Waals surface area contributed by atoms with Crippen LogP contribution in [-0.4, -0.2) is 35.8 Å². The Hall–Kier alpha value is -2.29. The van der Waals surface area contributed by atoms with E-state index in [0.29, 0.717) is 6.54 Å². The molecule has 96 valence electrons. The molecule has 2 aromatic rings. The van der Waals surface area contributed by atoms with Gasteiger partial charge in [-0.3, -0.25) is 4.79 Å². The first-order valence-corrected chi connectivity index (χ1v) is 6.37. The number of benzene rings is 2. The number of ketones is 1. The van der Waals surface area contributed by atoms with Gasteiger partial charge >= 0.3 is 0 Å². The molecule has 0 bridgehead atoms. The summed E-state index contributed by atoms with van der Waals surface area (Å²) in [6, 6.07) is 14.0. The number of carbonyl (C=O) groups is 1. The first-order valence-electron chi connectivity index (χ1n) is 6.37. The number of hydrogen-bond acceptors (Lipinski definition) is 3. The van der Waals surface area contributed by atoms with Crippen molar-refractivity contribution in [1.82, 2.24) is 9.80 Å². The van der Waals surface area contributed by atoms with E-state index in [-0.39, 0.29) is 5.78 Å². The lowest BCUT2D eigenvalue weighted by Crippen LogP contribution is -2.27. The van der Waals surface area contributed by atoms with Crippen molar-refractivity contribution in [2.75, 3.05) is 20.3 Å². The lowest BCUT2D eigenvalue weighted by atomic mass is 10.0. The Balaban J connectivity index is 1.80. The Kier molecular flexibility index (Phi) is 2.95. The van der Waals surface area contributed by atoms with Crippen LogP contribution in [0.5, 0.6) is 0 Å². The topological polar surface area (TPSA) is 23.6 Å². The molecule has 0 radical (unpaired) electrons. The van der Waals surface area contributed by atoms with Crippen molar-refractivity contribution in [2.24, 2.45) is 0 Å².